The zero-order valence-corrected chi connectivity index (χ0v) is 10.3. The third kappa shape index (κ3) is 2.20. The fourth-order valence-electron chi connectivity index (χ4n) is 2.12. The molecule has 0 bridgehead atoms. The van der Waals surface area contributed by atoms with E-state index in [9.17, 15) is 4.79 Å². The maximum Gasteiger partial charge on any atom is 0.258 e. The largest absolute Gasteiger partial charge is 0.384 e. The lowest BCUT2D eigenvalue weighted by molar-refractivity contribution is 0.748. The van der Waals surface area contributed by atoms with Crippen LogP contribution in [-0.4, -0.2) is 9.55 Å². The molecule has 0 radical (unpaired) electrons. The van der Waals surface area contributed by atoms with Crippen molar-refractivity contribution in [2.45, 2.75) is 6.54 Å². The molecule has 94 valence electrons. The van der Waals surface area contributed by atoms with E-state index in [4.69, 9.17) is 5.73 Å². The summed E-state index contributed by atoms with van der Waals surface area (Å²) in [6.45, 7) is 0.425. The number of benzene rings is 1. The zero-order chi connectivity index (χ0) is 13.2. The minimum Gasteiger partial charge on any atom is -0.384 e. The van der Waals surface area contributed by atoms with Crippen LogP contribution in [0.4, 0.5) is 5.82 Å². The van der Waals surface area contributed by atoms with E-state index in [-0.39, 0.29) is 5.56 Å². The van der Waals surface area contributed by atoms with Gasteiger partial charge in [-0.25, -0.2) is 4.98 Å². The van der Waals surface area contributed by atoms with Gasteiger partial charge in [-0.2, -0.15) is 0 Å². The number of fused-ring (bicyclic) bond motifs is 1. The van der Waals surface area contributed by atoms with Crippen LogP contribution in [0.3, 0.4) is 0 Å². The molecule has 0 aliphatic rings. The van der Waals surface area contributed by atoms with Crippen molar-refractivity contribution in [1.82, 2.24) is 9.55 Å². The molecule has 19 heavy (non-hydrogen) atoms. The number of rotatable bonds is 2. The molecule has 1 aromatic carbocycles. The number of anilines is 1. The number of hydrogen-bond acceptors (Lipinski definition) is 3. The molecule has 2 heterocycles. The van der Waals surface area contributed by atoms with Gasteiger partial charge in [0.05, 0.1) is 12.2 Å². The third-order valence-electron chi connectivity index (χ3n) is 3.05. The van der Waals surface area contributed by atoms with Crippen LogP contribution in [0.15, 0.2) is 59.5 Å². The van der Waals surface area contributed by atoms with Crippen molar-refractivity contribution in [3.8, 4) is 0 Å². The van der Waals surface area contributed by atoms with Gasteiger partial charge in [0, 0.05) is 11.6 Å². The van der Waals surface area contributed by atoms with Crippen molar-refractivity contribution >= 4 is 16.6 Å². The Morgan fingerprint density at radius 1 is 1.05 bits per heavy atom. The van der Waals surface area contributed by atoms with Crippen LogP contribution in [-0.2, 0) is 6.54 Å². The molecule has 0 fully saturated rings. The Hall–Kier alpha value is -2.62. The molecule has 3 aromatic rings. The van der Waals surface area contributed by atoms with Gasteiger partial charge in [-0.05, 0) is 29.7 Å². The summed E-state index contributed by atoms with van der Waals surface area (Å²) < 4.78 is 1.64. The SMILES string of the molecule is Nc1cccc(Cn2ccc3ccccc3c2=O)n1. The van der Waals surface area contributed by atoms with Gasteiger partial charge in [0.2, 0.25) is 0 Å². The van der Waals surface area contributed by atoms with Gasteiger partial charge in [-0.3, -0.25) is 4.79 Å². The molecule has 0 aliphatic heterocycles. The molecular weight excluding hydrogens is 238 g/mol. The first-order chi connectivity index (χ1) is 9.24. The zero-order valence-electron chi connectivity index (χ0n) is 10.3. The van der Waals surface area contributed by atoms with E-state index in [1.807, 2.05) is 42.5 Å². The molecule has 0 amide bonds. The monoisotopic (exact) mass is 251 g/mol. The highest BCUT2D eigenvalue weighted by Crippen LogP contribution is 2.09. The summed E-state index contributed by atoms with van der Waals surface area (Å²) in [5, 5.41) is 1.66. The Bertz CT molecular complexity index is 792. The first-order valence-corrected chi connectivity index (χ1v) is 6.03. The first-order valence-electron chi connectivity index (χ1n) is 6.03. The standard InChI is InChI=1S/C15H13N3O/c16-14-7-3-5-12(17-14)10-18-9-8-11-4-1-2-6-13(11)15(18)19/h1-9H,10H2,(H2,16,17). The summed E-state index contributed by atoms with van der Waals surface area (Å²) >= 11 is 0. The Balaban J connectivity index is 2.06. The summed E-state index contributed by atoms with van der Waals surface area (Å²) in [5.74, 6) is 0.464. The molecular formula is C15H13N3O. The van der Waals surface area contributed by atoms with Gasteiger partial charge in [0.25, 0.3) is 5.56 Å². The average molecular weight is 251 g/mol. The van der Waals surface area contributed by atoms with Gasteiger partial charge in [0.1, 0.15) is 5.82 Å². The minimum absolute atomic E-state index is 0.0117. The predicted molar refractivity (Wildman–Crippen MR) is 76.0 cm³/mol. The van der Waals surface area contributed by atoms with Crippen LogP contribution in [0.2, 0.25) is 0 Å². The fourth-order valence-corrected chi connectivity index (χ4v) is 2.12. The van der Waals surface area contributed by atoms with Gasteiger partial charge in [-0.1, -0.05) is 24.3 Å². The summed E-state index contributed by atoms with van der Waals surface area (Å²) in [6.07, 6.45) is 1.79. The summed E-state index contributed by atoms with van der Waals surface area (Å²) in [6, 6.07) is 14.9. The highest BCUT2D eigenvalue weighted by molar-refractivity contribution is 5.81. The second-order valence-corrected chi connectivity index (χ2v) is 4.39. The lowest BCUT2D eigenvalue weighted by Crippen LogP contribution is -2.20. The van der Waals surface area contributed by atoms with E-state index < -0.39 is 0 Å². The number of aromatic nitrogens is 2. The molecule has 4 nitrogen and oxygen atoms in total. The molecule has 2 N–H and O–H groups in total. The first kappa shape index (κ1) is 11.5. The molecule has 0 saturated carbocycles. The Labute approximate surface area is 110 Å². The highest BCUT2D eigenvalue weighted by Gasteiger charge is 2.03. The number of nitrogens with two attached hydrogens (primary N) is 1. The molecule has 2 aromatic heterocycles. The van der Waals surface area contributed by atoms with E-state index in [0.717, 1.165) is 11.1 Å². The molecule has 3 rings (SSSR count). The number of hydrogen-bond donors (Lipinski definition) is 1. The lowest BCUT2D eigenvalue weighted by atomic mass is 10.2. The number of pyridine rings is 2. The van der Waals surface area contributed by atoms with Crippen LogP contribution in [0, 0.1) is 0 Å². The summed E-state index contributed by atoms with van der Waals surface area (Å²) in [5.41, 5.74) is 6.41. The number of nitrogen functional groups attached to an aromatic ring is 1. The molecule has 0 spiro atoms. The van der Waals surface area contributed by atoms with Crippen molar-refractivity contribution in [1.29, 1.82) is 0 Å². The smallest absolute Gasteiger partial charge is 0.258 e. The maximum atomic E-state index is 12.3. The Morgan fingerprint density at radius 3 is 2.74 bits per heavy atom. The van der Waals surface area contributed by atoms with E-state index >= 15 is 0 Å². The molecule has 4 heteroatoms. The van der Waals surface area contributed by atoms with Crippen LogP contribution < -0.4 is 11.3 Å². The fraction of sp³-hybridized carbons (Fsp3) is 0.0667. The molecule has 0 unspecified atom stereocenters. The maximum absolute atomic E-state index is 12.3. The van der Waals surface area contributed by atoms with Crippen LogP contribution in [0.5, 0.6) is 0 Å². The second-order valence-electron chi connectivity index (χ2n) is 4.39. The Kier molecular flexibility index (Phi) is 2.76. The Morgan fingerprint density at radius 2 is 1.89 bits per heavy atom. The van der Waals surface area contributed by atoms with Crippen molar-refractivity contribution in [2.75, 3.05) is 5.73 Å². The van der Waals surface area contributed by atoms with Crippen LogP contribution in [0.1, 0.15) is 5.69 Å². The van der Waals surface area contributed by atoms with Gasteiger partial charge in [0.15, 0.2) is 0 Å². The molecule has 0 aliphatic carbocycles. The van der Waals surface area contributed by atoms with E-state index in [1.54, 1.807) is 16.8 Å². The predicted octanol–water partition coefficient (Wildman–Crippen LogP) is 2.03. The van der Waals surface area contributed by atoms with E-state index in [1.165, 1.54) is 0 Å². The third-order valence-corrected chi connectivity index (χ3v) is 3.05. The van der Waals surface area contributed by atoms with Gasteiger partial charge in [-0.15, -0.1) is 0 Å². The van der Waals surface area contributed by atoms with E-state index in [0.29, 0.717) is 17.7 Å². The van der Waals surface area contributed by atoms with Crippen molar-refractivity contribution in [3.05, 3.63) is 70.8 Å². The van der Waals surface area contributed by atoms with Gasteiger partial charge >= 0.3 is 0 Å². The normalized spacial score (nSPS) is 10.7. The van der Waals surface area contributed by atoms with Crippen LogP contribution in [0.25, 0.3) is 10.8 Å². The second kappa shape index (κ2) is 4.57. The highest BCUT2D eigenvalue weighted by atomic mass is 16.1. The van der Waals surface area contributed by atoms with E-state index in [2.05, 4.69) is 4.98 Å². The topological polar surface area (TPSA) is 60.9 Å². The minimum atomic E-state index is -0.0117. The number of nitrogens with zero attached hydrogens (tertiary/aromatic N) is 2. The van der Waals surface area contributed by atoms with Crippen LogP contribution >= 0.6 is 0 Å². The van der Waals surface area contributed by atoms with Crippen molar-refractivity contribution in [3.63, 3.8) is 0 Å². The quantitative estimate of drug-likeness (QED) is 0.758. The summed E-state index contributed by atoms with van der Waals surface area (Å²) in [7, 11) is 0. The average Bonchev–Trinajstić information content (AvgIpc) is 2.42. The molecule has 0 saturated heterocycles. The van der Waals surface area contributed by atoms with Gasteiger partial charge < -0.3 is 10.3 Å². The van der Waals surface area contributed by atoms with Crippen molar-refractivity contribution in [2.24, 2.45) is 0 Å². The summed E-state index contributed by atoms with van der Waals surface area (Å²) in [4.78, 5) is 16.5. The molecule has 0 atom stereocenters. The lowest BCUT2D eigenvalue weighted by Gasteiger charge is -2.07. The van der Waals surface area contributed by atoms with Crippen molar-refractivity contribution < 1.29 is 0 Å².